The lowest BCUT2D eigenvalue weighted by Crippen LogP contribution is -2.13. The third kappa shape index (κ3) is 8.42. The topological polar surface area (TPSA) is 27.7 Å². The van der Waals surface area contributed by atoms with Gasteiger partial charge in [-0.1, -0.05) is 24.3 Å². The van der Waals surface area contributed by atoms with Crippen LogP contribution in [0.15, 0.2) is 24.3 Å². The van der Waals surface area contributed by atoms with Crippen LogP contribution in [0.1, 0.15) is 17.5 Å². The van der Waals surface area contributed by atoms with Crippen LogP contribution in [-0.4, -0.2) is 46.0 Å². The van der Waals surface area contributed by atoms with Gasteiger partial charge in [0.05, 0.1) is 26.4 Å². The molecule has 0 heterocycles. The van der Waals surface area contributed by atoms with Crippen molar-refractivity contribution in [2.24, 2.45) is 5.92 Å². The molecule has 1 rings (SSSR count). The SMILES string of the molecule is COCCOCCOCCC(CCl)Cc1ccccc1C. The molecule has 0 N–H and O–H groups in total. The highest BCUT2D eigenvalue weighted by atomic mass is 35.5. The first-order valence-electron chi connectivity index (χ1n) is 7.52. The highest BCUT2D eigenvalue weighted by Crippen LogP contribution is 2.17. The summed E-state index contributed by atoms with van der Waals surface area (Å²) in [5.74, 6) is 1.13. The van der Waals surface area contributed by atoms with E-state index in [9.17, 15) is 0 Å². The zero-order valence-electron chi connectivity index (χ0n) is 13.1. The predicted octanol–water partition coefficient (Wildman–Crippen LogP) is 3.46. The van der Waals surface area contributed by atoms with E-state index in [0.717, 1.165) is 19.4 Å². The lowest BCUT2D eigenvalue weighted by Gasteiger charge is -2.15. The van der Waals surface area contributed by atoms with Crippen molar-refractivity contribution < 1.29 is 14.2 Å². The van der Waals surface area contributed by atoms with Gasteiger partial charge in [0.25, 0.3) is 0 Å². The molecule has 0 amide bonds. The minimum absolute atomic E-state index is 0.460. The number of ether oxygens (including phenoxy) is 3. The van der Waals surface area contributed by atoms with Crippen LogP contribution < -0.4 is 0 Å². The van der Waals surface area contributed by atoms with Crippen molar-refractivity contribution in [1.82, 2.24) is 0 Å². The molecule has 120 valence electrons. The molecule has 0 bridgehead atoms. The summed E-state index contributed by atoms with van der Waals surface area (Å²) in [5, 5.41) is 0. The normalized spacial score (nSPS) is 12.5. The number of aryl methyl sites for hydroxylation is 1. The molecule has 0 saturated heterocycles. The molecule has 3 nitrogen and oxygen atoms in total. The average Bonchev–Trinajstić information content (AvgIpc) is 2.50. The summed E-state index contributed by atoms with van der Waals surface area (Å²) < 4.78 is 15.8. The summed E-state index contributed by atoms with van der Waals surface area (Å²) in [5.41, 5.74) is 2.71. The summed E-state index contributed by atoms with van der Waals surface area (Å²) >= 11 is 6.07. The Morgan fingerprint density at radius 2 is 1.67 bits per heavy atom. The van der Waals surface area contributed by atoms with Crippen LogP contribution in [0.2, 0.25) is 0 Å². The van der Waals surface area contributed by atoms with E-state index in [1.165, 1.54) is 11.1 Å². The van der Waals surface area contributed by atoms with E-state index >= 15 is 0 Å². The van der Waals surface area contributed by atoms with Gasteiger partial charge < -0.3 is 14.2 Å². The van der Waals surface area contributed by atoms with Gasteiger partial charge in [-0.3, -0.25) is 0 Å². The second kappa shape index (κ2) is 12.0. The molecule has 0 aliphatic carbocycles. The number of hydrogen-bond acceptors (Lipinski definition) is 3. The summed E-state index contributed by atoms with van der Waals surface area (Å²) in [4.78, 5) is 0. The van der Waals surface area contributed by atoms with Crippen LogP contribution >= 0.6 is 11.6 Å². The molecule has 1 aromatic rings. The summed E-state index contributed by atoms with van der Waals surface area (Å²) in [6.45, 7) is 5.38. The number of benzene rings is 1. The molecule has 1 unspecified atom stereocenters. The standard InChI is InChI=1S/C17H27ClO3/c1-15-5-3-4-6-17(15)13-16(14-18)7-8-20-11-12-21-10-9-19-2/h3-6,16H,7-14H2,1-2H3. The fourth-order valence-electron chi connectivity index (χ4n) is 2.10. The van der Waals surface area contributed by atoms with Crippen molar-refractivity contribution in [1.29, 1.82) is 0 Å². The first kappa shape index (κ1) is 18.4. The van der Waals surface area contributed by atoms with E-state index in [-0.39, 0.29) is 0 Å². The Hall–Kier alpha value is -0.610. The molecule has 0 spiro atoms. The fraction of sp³-hybridized carbons (Fsp3) is 0.647. The first-order valence-corrected chi connectivity index (χ1v) is 8.06. The van der Waals surface area contributed by atoms with E-state index in [1.54, 1.807) is 7.11 Å². The Labute approximate surface area is 133 Å². The molecular formula is C17H27ClO3. The maximum absolute atomic E-state index is 6.07. The van der Waals surface area contributed by atoms with E-state index < -0.39 is 0 Å². The second-order valence-electron chi connectivity index (χ2n) is 5.16. The maximum atomic E-state index is 6.07. The maximum Gasteiger partial charge on any atom is 0.0701 e. The first-order chi connectivity index (χ1) is 10.3. The van der Waals surface area contributed by atoms with E-state index in [0.29, 0.717) is 38.2 Å². The van der Waals surface area contributed by atoms with Crippen LogP contribution in [0.25, 0.3) is 0 Å². The molecule has 0 radical (unpaired) electrons. The lowest BCUT2D eigenvalue weighted by molar-refractivity contribution is 0.0223. The van der Waals surface area contributed by atoms with Gasteiger partial charge in [0, 0.05) is 19.6 Å². The Morgan fingerprint density at radius 3 is 2.33 bits per heavy atom. The van der Waals surface area contributed by atoms with Crippen molar-refractivity contribution >= 4 is 11.6 Å². The van der Waals surface area contributed by atoms with Crippen molar-refractivity contribution in [2.45, 2.75) is 19.8 Å². The highest BCUT2D eigenvalue weighted by molar-refractivity contribution is 6.18. The van der Waals surface area contributed by atoms with Crippen LogP contribution in [0.5, 0.6) is 0 Å². The number of halogens is 1. The monoisotopic (exact) mass is 314 g/mol. The van der Waals surface area contributed by atoms with Crippen molar-refractivity contribution in [3.8, 4) is 0 Å². The van der Waals surface area contributed by atoms with Crippen molar-refractivity contribution in [2.75, 3.05) is 46.0 Å². The number of methoxy groups -OCH3 is 1. The van der Waals surface area contributed by atoms with Crippen LogP contribution in [-0.2, 0) is 20.6 Å². The van der Waals surface area contributed by atoms with Crippen molar-refractivity contribution in [3.63, 3.8) is 0 Å². The van der Waals surface area contributed by atoms with E-state index in [4.69, 9.17) is 25.8 Å². The zero-order chi connectivity index (χ0) is 15.3. The molecule has 0 aromatic heterocycles. The Morgan fingerprint density at radius 1 is 1.00 bits per heavy atom. The smallest absolute Gasteiger partial charge is 0.0701 e. The van der Waals surface area contributed by atoms with Gasteiger partial charge in [-0.15, -0.1) is 11.6 Å². The van der Waals surface area contributed by atoms with Gasteiger partial charge in [0.1, 0.15) is 0 Å². The molecule has 4 heteroatoms. The molecule has 0 saturated carbocycles. The van der Waals surface area contributed by atoms with Gasteiger partial charge in [-0.25, -0.2) is 0 Å². The molecule has 1 atom stereocenters. The third-order valence-electron chi connectivity index (χ3n) is 3.46. The Kier molecular flexibility index (Phi) is 10.5. The van der Waals surface area contributed by atoms with Gasteiger partial charge in [-0.05, 0) is 36.8 Å². The third-order valence-corrected chi connectivity index (χ3v) is 3.90. The minimum atomic E-state index is 0.460. The largest absolute Gasteiger partial charge is 0.382 e. The fourth-order valence-corrected chi connectivity index (χ4v) is 2.36. The van der Waals surface area contributed by atoms with E-state index in [2.05, 4.69) is 31.2 Å². The molecule has 0 aliphatic rings. The summed E-state index contributed by atoms with van der Waals surface area (Å²) in [7, 11) is 1.67. The van der Waals surface area contributed by atoms with Gasteiger partial charge in [-0.2, -0.15) is 0 Å². The average molecular weight is 315 g/mol. The molecule has 0 aliphatic heterocycles. The second-order valence-corrected chi connectivity index (χ2v) is 5.47. The number of hydrogen-bond donors (Lipinski definition) is 0. The van der Waals surface area contributed by atoms with Crippen LogP contribution in [0.3, 0.4) is 0 Å². The van der Waals surface area contributed by atoms with Gasteiger partial charge >= 0.3 is 0 Å². The van der Waals surface area contributed by atoms with Gasteiger partial charge in [0.15, 0.2) is 0 Å². The number of alkyl halides is 1. The highest BCUT2D eigenvalue weighted by Gasteiger charge is 2.10. The summed E-state index contributed by atoms with van der Waals surface area (Å²) in [6.07, 6.45) is 2.00. The Bertz CT molecular complexity index is 371. The Balaban J connectivity index is 2.13. The van der Waals surface area contributed by atoms with Gasteiger partial charge in [0.2, 0.25) is 0 Å². The minimum Gasteiger partial charge on any atom is -0.382 e. The summed E-state index contributed by atoms with van der Waals surface area (Å²) in [6, 6.07) is 8.48. The predicted molar refractivity (Wildman–Crippen MR) is 87.2 cm³/mol. The molecule has 1 aromatic carbocycles. The molecule has 0 fully saturated rings. The van der Waals surface area contributed by atoms with Crippen molar-refractivity contribution in [3.05, 3.63) is 35.4 Å². The van der Waals surface area contributed by atoms with Crippen LogP contribution in [0, 0.1) is 12.8 Å². The number of rotatable bonds is 12. The molecule has 21 heavy (non-hydrogen) atoms. The van der Waals surface area contributed by atoms with E-state index in [1.807, 2.05) is 0 Å². The zero-order valence-corrected chi connectivity index (χ0v) is 13.9. The molecular weight excluding hydrogens is 288 g/mol. The van der Waals surface area contributed by atoms with Crippen LogP contribution in [0.4, 0.5) is 0 Å². The quantitative estimate of drug-likeness (QED) is 0.437. The lowest BCUT2D eigenvalue weighted by atomic mass is 9.95.